The van der Waals surface area contributed by atoms with Gasteiger partial charge in [0, 0.05) is 24.6 Å². The Morgan fingerprint density at radius 1 is 0.966 bits per heavy atom. The zero-order valence-corrected chi connectivity index (χ0v) is 16.2. The van der Waals surface area contributed by atoms with Crippen molar-refractivity contribution in [2.45, 2.75) is 30.7 Å². The number of carbonyl (C=O) groups is 1. The van der Waals surface area contributed by atoms with Crippen LogP contribution < -0.4 is 5.32 Å². The Morgan fingerprint density at radius 2 is 1.66 bits per heavy atom. The number of nitrogens with one attached hydrogen (secondary N) is 1. The molecule has 2 atom stereocenters. The quantitative estimate of drug-likeness (QED) is 0.740. The second-order valence-electron chi connectivity index (χ2n) is 7.84. The number of aromatic nitrogens is 2. The molecule has 6 nitrogen and oxygen atoms in total. The Hall–Kier alpha value is -2.99. The van der Waals surface area contributed by atoms with Crippen LogP contribution in [0, 0.1) is 0 Å². The fourth-order valence-electron chi connectivity index (χ4n) is 4.31. The third kappa shape index (κ3) is 3.56. The zero-order valence-electron chi connectivity index (χ0n) is 16.2. The average Bonchev–Trinajstić information content (AvgIpc) is 3.23. The van der Waals surface area contributed by atoms with Crippen LogP contribution in [-0.2, 0) is 0 Å². The molecule has 0 saturated carbocycles. The fraction of sp³-hybridized carbons (Fsp3) is 0.348. The van der Waals surface area contributed by atoms with Gasteiger partial charge in [0.25, 0.3) is 5.91 Å². The van der Waals surface area contributed by atoms with Crippen LogP contribution >= 0.6 is 0 Å². The highest BCUT2D eigenvalue weighted by atomic mass is 16.4. The van der Waals surface area contributed by atoms with E-state index in [9.17, 15) is 4.79 Å². The third-order valence-corrected chi connectivity index (χ3v) is 5.95. The molecule has 0 spiro atoms. The molecule has 148 valence electrons. The summed E-state index contributed by atoms with van der Waals surface area (Å²) in [6.45, 7) is 2.19. The van der Waals surface area contributed by atoms with Gasteiger partial charge in [-0.2, -0.15) is 0 Å². The molecular weight excluding hydrogens is 364 g/mol. The Morgan fingerprint density at radius 3 is 2.41 bits per heavy atom. The highest BCUT2D eigenvalue weighted by Crippen LogP contribution is 2.37. The second-order valence-corrected chi connectivity index (χ2v) is 7.84. The Labute approximate surface area is 169 Å². The number of carbonyl (C=O) groups excluding carboxylic acids is 1. The van der Waals surface area contributed by atoms with Crippen LogP contribution in [0.15, 0.2) is 65.1 Å². The van der Waals surface area contributed by atoms with Crippen LogP contribution in [0.4, 0.5) is 0 Å². The molecule has 0 radical (unpaired) electrons. The van der Waals surface area contributed by atoms with Crippen LogP contribution in [0.2, 0.25) is 0 Å². The Bertz CT molecular complexity index is 967. The van der Waals surface area contributed by atoms with Crippen LogP contribution in [-0.4, -0.2) is 40.6 Å². The van der Waals surface area contributed by atoms with E-state index in [0.29, 0.717) is 36.4 Å². The molecule has 2 saturated heterocycles. The monoisotopic (exact) mass is 388 g/mol. The number of nitrogens with zero attached hydrogens (tertiary/aromatic N) is 3. The first-order valence-corrected chi connectivity index (χ1v) is 10.3. The minimum absolute atomic E-state index is 0.0366. The number of amides is 1. The van der Waals surface area contributed by atoms with Gasteiger partial charge >= 0.3 is 0 Å². The molecule has 0 bridgehead atoms. The lowest BCUT2D eigenvalue weighted by molar-refractivity contribution is 0.0573. The molecule has 5 rings (SSSR count). The number of likely N-dealkylation sites (tertiary alicyclic amines) is 1. The van der Waals surface area contributed by atoms with Gasteiger partial charge in [-0.3, -0.25) is 4.79 Å². The summed E-state index contributed by atoms with van der Waals surface area (Å²) in [7, 11) is 0. The summed E-state index contributed by atoms with van der Waals surface area (Å²) in [6, 6.07) is 19.9. The average molecular weight is 388 g/mol. The molecule has 0 unspecified atom stereocenters. The van der Waals surface area contributed by atoms with Gasteiger partial charge in [0.05, 0.1) is 12.0 Å². The molecule has 0 aliphatic carbocycles. The summed E-state index contributed by atoms with van der Waals surface area (Å²) in [5.74, 6) is 1.79. The summed E-state index contributed by atoms with van der Waals surface area (Å²) < 4.78 is 6.09. The number of piperidine rings is 1. The smallest absolute Gasteiger partial charge is 0.253 e. The molecule has 2 aromatic carbocycles. The normalized spacial score (nSPS) is 22.3. The largest absolute Gasteiger partial charge is 0.423 e. The zero-order chi connectivity index (χ0) is 19.6. The molecular formula is C23H24N4O2. The number of hydrogen-bond donors (Lipinski definition) is 1. The van der Waals surface area contributed by atoms with Crippen molar-refractivity contribution < 1.29 is 9.21 Å². The molecule has 1 aromatic heterocycles. The molecule has 29 heavy (non-hydrogen) atoms. The van der Waals surface area contributed by atoms with E-state index < -0.39 is 0 Å². The minimum atomic E-state index is 0.0366. The fourth-order valence-corrected chi connectivity index (χ4v) is 4.31. The van der Waals surface area contributed by atoms with Crippen LogP contribution in [0.3, 0.4) is 0 Å². The van der Waals surface area contributed by atoms with E-state index in [0.717, 1.165) is 19.4 Å². The van der Waals surface area contributed by atoms with Crippen molar-refractivity contribution in [1.29, 1.82) is 0 Å². The molecule has 6 heteroatoms. The van der Waals surface area contributed by atoms with E-state index in [1.165, 1.54) is 5.56 Å². The predicted molar refractivity (Wildman–Crippen MR) is 109 cm³/mol. The maximum atomic E-state index is 12.5. The lowest BCUT2D eigenvalue weighted by Crippen LogP contribution is -2.48. The van der Waals surface area contributed by atoms with Crippen LogP contribution in [0.25, 0.3) is 0 Å². The first kappa shape index (κ1) is 18.1. The number of rotatable bonds is 4. The molecule has 2 aliphatic rings. The van der Waals surface area contributed by atoms with E-state index >= 15 is 0 Å². The molecule has 2 fully saturated rings. The van der Waals surface area contributed by atoms with Gasteiger partial charge in [0.15, 0.2) is 0 Å². The van der Waals surface area contributed by atoms with Crippen molar-refractivity contribution in [2.75, 3.05) is 19.6 Å². The van der Waals surface area contributed by atoms with Gasteiger partial charge in [-0.25, -0.2) is 0 Å². The molecule has 3 heterocycles. The summed E-state index contributed by atoms with van der Waals surface area (Å²) in [5, 5.41) is 12.2. The van der Waals surface area contributed by atoms with Gasteiger partial charge < -0.3 is 14.6 Å². The summed E-state index contributed by atoms with van der Waals surface area (Å²) in [5.41, 5.74) is 2.02. The van der Waals surface area contributed by atoms with Crippen molar-refractivity contribution >= 4 is 5.91 Å². The third-order valence-electron chi connectivity index (χ3n) is 5.95. The van der Waals surface area contributed by atoms with Crippen molar-refractivity contribution in [1.82, 2.24) is 20.4 Å². The maximum absolute atomic E-state index is 12.5. The van der Waals surface area contributed by atoms with Gasteiger partial charge in [0.1, 0.15) is 0 Å². The number of hydrogen-bond acceptors (Lipinski definition) is 5. The summed E-state index contributed by atoms with van der Waals surface area (Å²) in [6.07, 6.45) is 2.23. The van der Waals surface area contributed by atoms with E-state index in [2.05, 4.69) is 39.8 Å². The van der Waals surface area contributed by atoms with Crippen molar-refractivity contribution in [2.24, 2.45) is 0 Å². The number of benzene rings is 2. The first-order valence-electron chi connectivity index (χ1n) is 10.3. The van der Waals surface area contributed by atoms with E-state index in [1.807, 2.05) is 41.3 Å². The first-order chi connectivity index (χ1) is 14.3. The Kier molecular flexibility index (Phi) is 4.86. The van der Waals surface area contributed by atoms with Crippen LogP contribution in [0.5, 0.6) is 0 Å². The van der Waals surface area contributed by atoms with Gasteiger partial charge in [-0.1, -0.05) is 48.5 Å². The van der Waals surface area contributed by atoms with Crippen molar-refractivity contribution in [3.8, 4) is 0 Å². The van der Waals surface area contributed by atoms with Crippen molar-refractivity contribution in [3.63, 3.8) is 0 Å². The lowest BCUT2D eigenvalue weighted by Gasteiger charge is -2.37. The standard InChI is InChI=1S/C23H24N4O2/c28-23(17-10-5-2-6-11-17)27-14-18(15-27)21-25-26-22(29-21)20-19(12-7-13-24-20)16-8-3-1-4-9-16/h1-6,8-11,18-20,24H,7,12-15H2/t19-,20-/m0/s1. The second kappa shape index (κ2) is 7.79. The predicted octanol–water partition coefficient (Wildman–Crippen LogP) is 3.52. The van der Waals surface area contributed by atoms with Gasteiger partial charge in [0.2, 0.25) is 11.8 Å². The minimum Gasteiger partial charge on any atom is -0.423 e. The highest BCUT2D eigenvalue weighted by Gasteiger charge is 2.37. The molecule has 3 aromatic rings. The van der Waals surface area contributed by atoms with E-state index in [4.69, 9.17) is 4.42 Å². The highest BCUT2D eigenvalue weighted by molar-refractivity contribution is 5.94. The topological polar surface area (TPSA) is 71.3 Å². The lowest BCUT2D eigenvalue weighted by atomic mass is 9.85. The summed E-state index contributed by atoms with van der Waals surface area (Å²) >= 11 is 0. The molecule has 2 aliphatic heterocycles. The van der Waals surface area contributed by atoms with Crippen molar-refractivity contribution in [3.05, 3.63) is 83.6 Å². The Balaban J connectivity index is 1.27. The molecule has 1 N–H and O–H groups in total. The molecule has 1 amide bonds. The van der Waals surface area contributed by atoms with Gasteiger partial charge in [-0.05, 0) is 37.1 Å². The van der Waals surface area contributed by atoms with E-state index in [1.54, 1.807) is 0 Å². The van der Waals surface area contributed by atoms with Gasteiger partial charge in [-0.15, -0.1) is 10.2 Å². The maximum Gasteiger partial charge on any atom is 0.253 e. The summed E-state index contributed by atoms with van der Waals surface area (Å²) in [4.78, 5) is 14.3. The van der Waals surface area contributed by atoms with Crippen LogP contribution in [0.1, 0.15) is 58.4 Å². The SMILES string of the molecule is O=C(c1ccccc1)N1CC(c2nnc([C@H]3NCCC[C@H]3c3ccccc3)o2)C1. The van der Waals surface area contributed by atoms with E-state index in [-0.39, 0.29) is 17.9 Å².